The number of carbonyl (C=O) groups is 5. The van der Waals surface area contributed by atoms with E-state index in [1.807, 2.05) is 108 Å². The van der Waals surface area contributed by atoms with Crippen molar-refractivity contribution in [3.05, 3.63) is 125 Å². The molecule has 0 saturated carbocycles. The summed E-state index contributed by atoms with van der Waals surface area (Å²) in [4.78, 5) is 71.3. The maximum atomic E-state index is 15.5. The molecule has 0 radical (unpaired) electrons. The van der Waals surface area contributed by atoms with Gasteiger partial charge < -0.3 is 44.5 Å². The van der Waals surface area contributed by atoms with Crippen LogP contribution < -0.4 is 27.0 Å². The molecule has 4 aromatic carbocycles. The third-order valence-electron chi connectivity index (χ3n) is 12.2. The van der Waals surface area contributed by atoms with Crippen LogP contribution in [0.3, 0.4) is 0 Å². The molecule has 76 heavy (non-hydrogen) atoms. The lowest BCUT2D eigenvalue weighted by molar-refractivity contribution is -0.157. The number of ether oxygens (including phenoxy) is 1. The van der Waals surface area contributed by atoms with Gasteiger partial charge in [-0.2, -0.15) is 0 Å². The Bertz CT molecular complexity index is 2760. The quantitative estimate of drug-likeness (QED) is 0.0415. The Morgan fingerprint density at radius 3 is 1.91 bits per heavy atom. The van der Waals surface area contributed by atoms with Gasteiger partial charge in [0.05, 0.1) is 54.6 Å². The van der Waals surface area contributed by atoms with Crippen LogP contribution in [0, 0.1) is 11.8 Å². The summed E-state index contributed by atoms with van der Waals surface area (Å²) in [5.74, 6) is -5.98. The summed E-state index contributed by atoms with van der Waals surface area (Å²) < 4.78 is 57.3. The molecule has 1 aliphatic heterocycles. The highest BCUT2D eigenvalue weighted by molar-refractivity contribution is 7.62. The van der Waals surface area contributed by atoms with Crippen LogP contribution >= 0.6 is 15.2 Å². The SMILES string of the molecule is CCOP(=O)(OCC)c1ccc(C[C@]2(C)NC(=O)[C@@H](CC(=O)OC(C)(C)C)[C@@H](c3ccc(CP(=O)(OC(C)(C)C)OC(C)(C)C)cc3)/C=C/C[C@@H](Cc3cccc4ccccc34)CNC(=O)[C@H](CC(N)=O)NC2=O)cc1. The fourth-order valence-electron chi connectivity index (χ4n) is 9.22. The zero-order valence-corrected chi connectivity index (χ0v) is 48.1. The van der Waals surface area contributed by atoms with E-state index in [9.17, 15) is 28.3 Å². The second kappa shape index (κ2) is 25.8. The molecule has 4 amide bonds. The van der Waals surface area contributed by atoms with Crippen molar-refractivity contribution in [2.24, 2.45) is 17.6 Å². The van der Waals surface area contributed by atoms with Crippen molar-refractivity contribution >= 4 is 60.9 Å². The minimum atomic E-state index is -3.73. The molecule has 18 heteroatoms. The number of rotatable bonds is 18. The Kier molecular flexibility index (Phi) is 20.8. The zero-order chi connectivity index (χ0) is 56.3. The molecule has 414 valence electrons. The molecule has 0 bridgehead atoms. The van der Waals surface area contributed by atoms with Crippen molar-refractivity contribution in [3.63, 3.8) is 0 Å². The summed E-state index contributed by atoms with van der Waals surface area (Å²) in [7, 11) is -7.43. The first-order valence-electron chi connectivity index (χ1n) is 26.0. The van der Waals surface area contributed by atoms with Crippen molar-refractivity contribution in [3.8, 4) is 0 Å². The van der Waals surface area contributed by atoms with Gasteiger partial charge in [0.15, 0.2) is 0 Å². The van der Waals surface area contributed by atoms with Crippen molar-refractivity contribution in [2.75, 3.05) is 19.8 Å². The lowest BCUT2D eigenvalue weighted by atomic mass is 9.81. The second-order valence-corrected chi connectivity index (χ2v) is 26.6. The van der Waals surface area contributed by atoms with E-state index in [1.165, 1.54) is 6.92 Å². The number of hydrogen-bond acceptors (Lipinski definition) is 12. The van der Waals surface area contributed by atoms with Crippen molar-refractivity contribution in [2.45, 2.75) is 156 Å². The van der Waals surface area contributed by atoms with Gasteiger partial charge >= 0.3 is 21.2 Å². The summed E-state index contributed by atoms with van der Waals surface area (Å²) >= 11 is 0. The number of esters is 1. The maximum Gasteiger partial charge on any atom is 0.361 e. The Morgan fingerprint density at radius 2 is 1.33 bits per heavy atom. The van der Waals surface area contributed by atoms with Crippen LogP contribution in [0.4, 0.5) is 0 Å². The van der Waals surface area contributed by atoms with Gasteiger partial charge in [0, 0.05) is 18.9 Å². The molecule has 5 rings (SSSR count). The van der Waals surface area contributed by atoms with Crippen LogP contribution in [0.5, 0.6) is 0 Å². The Morgan fingerprint density at radius 1 is 0.737 bits per heavy atom. The molecule has 16 nitrogen and oxygen atoms in total. The van der Waals surface area contributed by atoms with Crippen LogP contribution in [0.15, 0.2) is 103 Å². The molecular weight excluding hydrogens is 1010 g/mol. The van der Waals surface area contributed by atoms with Gasteiger partial charge in [-0.1, -0.05) is 91.0 Å². The Labute approximate surface area is 449 Å². The van der Waals surface area contributed by atoms with Gasteiger partial charge in [-0.05, 0) is 147 Å². The van der Waals surface area contributed by atoms with Crippen LogP contribution in [-0.2, 0) is 74.9 Å². The van der Waals surface area contributed by atoms with Gasteiger partial charge in [-0.25, -0.2) is 0 Å². The highest BCUT2D eigenvalue weighted by atomic mass is 31.2. The number of allylic oxidation sites excluding steroid dienone is 2. The molecule has 0 saturated heterocycles. The van der Waals surface area contributed by atoms with E-state index in [-0.39, 0.29) is 43.6 Å². The van der Waals surface area contributed by atoms with Gasteiger partial charge in [0.25, 0.3) is 0 Å². The number of nitrogens with two attached hydrogens (primary N) is 1. The van der Waals surface area contributed by atoms with Crippen LogP contribution in [0.25, 0.3) is 10.8 Å². The highest BCUT2D eigenvalue weighted by Crippen LogP contribution is 2.57. The molecule has 0 aromatic heterocycles. The summed E-state index contributed by atoms with van der Waals surface area (Å²) in [5, 5.41) is 11.1. The van der Waals surface area contributed by atoms with Crippen molar-refractivity contribution in [1.29, 1.82) is 0 Å². The van der Waals surface area contributed by atoms with E-state index in [1.54, 1.807) is 71.0 Å². The summed E-state index contributed by atoms with van der Waals surface area (Å²) in [5.41, 5.74) is 4.13. The molecule has 0 aliphatic carbocycles. The number of hydrogen-bond donors (Lipinski definition) is 4. The minimum absolute atomic E-state index is 0.0499. The van der Waals surface area contributed by atoms with Crippen LogP contribution in [0.2, 0.25) is 0 Å². The number of carbonyl (C=O) groups excluding carboxylic acids is 5. The van der Waals surface area contributed by atoms with E-state index in [0.717, 1.165) is 16.3 Å². The molecule has 0 unspecified atom stereocenters. The fraction of sp³-hybridized carbons (Fsp3) is 0.500. The molecule has 1 heterocycles. The largest absolute Gasteiger partial charge is 0.460 e. The van der Waals surface area contributed by atoms with Crippen molar-refractivity contribution in [1.82, 2.24) is 16.0 Å². The number of fused-ring (bicyclic) bond motifs is 1. The summed E-state index contributed by atoms with van der Waals surface area (Å²) in [6.45, 7) is 21.3. The van der Waals surface area contributed by atoms with Crippen LogP contribution in [0.1, 0.15) is 131 Å². The van der Waals surface area contributed by atoms with E-state index < -0.39 is 97.9 Å². The van der Waals surface area contributed by atoms with Gasteiger partial charge in [0.1, 0.15) is 17.2 Å². The first-order chi connectivity index (χ1) is 35.4. The van der Waals surface area contributed by atoms with E-state index in [2.05, 4.69) is 16.0 Å². The van der Waals surface area contributed by atoms with Gasteiger partial charge in [-0.15, -0.1) is 0 Å². The maximum absolute atomic E-state index is 15.5. The predicted octanol–water partition coefficient (Wildman–Crippen LogP) is 9.90. The van der Waals surface area contributed by atoms with E-state index >= 15 is 4.79 Å². The molecule has 5 N–H and O–H groups in total. The topological polar surface area (TPSA) is 228 Å². The lowest BCUT2D eigenvalue weighted by Crippen LogP contribution is -2.63. The smallest absolute Gasteiger partial charge is 0.361 e. The van der Waals surface area contributed by atoms with Gasteiger partial charge in [-0.3, -0.25) is 33.1 Å². The minimum Gasteiger partial charge on any atom is -0.460 e. The molecule has 5 atom stereocenters. The molecule has 4 aromatic rings. The number of nitrogens with one attached hydrogen (secondary N) is 3. The first kappa shape index (κ1) is 61.4. The molecule has 0 spiro atoms. The predicted molar refractivity (Wildman–Crippen MR) is 297 cm³/mol. The summed E-state index contributed by atoms with van der Waals surface area (Å²) in [6.07, 6.45) is 3.50. The first-order valence-corrected chi connectivity index (χ1v) is 29.3. The number of amides is 4. The van der Waals surface area contributed by atoms with E-state index in [0.29, 0.717) is 29.5 Å². The summed E-state index contributed by atoms with van der Waals surface area (Å²) in [6, 6.07) is 26.2. The standard InChI is InChI=1S/C58H80N4O12P2/c1-13-70-76(69,71-14-2)45-31-27-39(28-32-45)36-58(12)54(67)61-49(35-50(59)63)53(66)60-37-41(33-44-22-18-21-42-20-15-16-23-46(42)44)19-17-24-47(48(52(65)62-58)34-51(64)72-55(3,4)5)43-29-25-40(26-30-43)38-75(68,73-56(6,7)8)74-57(9,10)11/h15-18,20-32,41,47-49H,13-14,19,33-38H2,1-12H3,(H2,59,63)(H,60,66)(H,61,67)(H,62,65)/b24-17+/t41-,47+,48-,49-,58-/m0/s1. The molecule has 0 fully saturated rings. The Hall–Kier alpha value is -5.47. The monoisotopic (exact) mass is 1090 g/mol. The van der Waals surface area contributed by atoms with Crippen LogP contribution in [-0.4, -0.2) is 77.7 Å². The normalized spacial score (nSPS) is 21.1. The average molecular weight is 1090 g/mol. The fourth-order valence-corrected chi connectivity index (χ4v) is 13.3. The third-order valence-corrected chi connectivity index (χ3v) is 16.8. The van der Waals surface area contributed by atoms with Crippen molar-refractivity contribution < 1.29 is 55.9 Å². The lowest BCUT2D eigenvalue weighted by Gasteiger charge is -2.34. The van der Waals surface area contributed by atoms with Gasteiger partial charge in [0.2, 0.25) is 23.6 Å². The average Bonchev–Trinajstić information content (AvgIpc) is 3.29. The molecular formula is C58H80N4O12P2. The third kappa shape index (κ3) is 18.3. The zero-order valence-electron chi connectivity index (χ0n) is 46.4. The second-order valence-electron chi connectivity index (χ2n) is 22.7. The Balaban J connectivity index is 1.69. The number of primary amides is 1. The number of benzene rings is 4. The van der Waals surface area contributed by atoms with E-state index in [4.69, 9.17) is 28.6 Å². The highest BCUT2D eigenvalue weighted by Gasteiger charge is 2.43. The molecule has 1 aliphatic rings.